The number of hydrogen-bond donors (Lipinski definition) is 0. The summed E-state index contributed by atoms with van der Waals surface area (Å²) >= 11 is 7.59. The van der Waals surface area contributed by atoms with E-state index in [4.69, 9.17) is 20.8 Å². The van der Waals surface area contributed by atoms with Gasteiger partial charge in [-0.3, -0.25) is 4.79 Å². The van der Waals surface area contributed by atoms with Crippen molar-refractivity contribution in [2.45, 2.75) is 30.6 Å². The summed E-state index contributed by atoms with van der Waals surface area (Å²) < 4.78 is 10.6. The van der Waals surface area contributed by atoms with Gasteiger partial charge in [-0.2, -0.15) is 0 Å². The number of aryl methyl sites for hydroxylation is 1. The van der Waals surface area contributed by atoms with Crippen molar-refractivity contribution in [3.05, 3.63) is 75.1 Å². The van der Waals surface area contributed by atoms with Crippen LogP contribution in [0.5, 0.6) is 0 Å². The Kier molecular flexibility index (Phi) is 5.69. The molecular formula is C20H17ClO4S. The number of hydrogen-bond acceptors (Lipinski definition) is 5. The lowest BCUT2D eigenvalue weighted by molar-refractivity contribution is -0.143. The van der Waals surface area contributed by atoms with Crippen LogP contribution in [0.15, 0.2) is 62.6 Å². The summed E-state index contributed by atoms with van der Waals surface area (Å²) in [4.78, 5) is 25.1. The number of benzene rings is 2. The van der Waals surface area contributed by atoms with Crippen molar-refractivity contribution in [2.24, 2.45) is 0 Å². The van der Waals surface area contributed by atoms with E-state index in [0.717, 1.165) is 10.5 Å². The number of fused-ring (bicyclic) bond motifs is 1. The number of esters is 1. The fraction of sp³-hybridized carbons (Fsp3) is 0.200. The summed E-state index contributed by atoms with van der Waals surface area (Å²) in [6.07, 6.45) is 0. The van der Waals surface area contributed by atoms with E-state index in [2.05, 4.69) is 0 Å². The molecule has 1 heterocycles. The lowest BCUT2D eigenvalue weighted by Gasteiger charge is -2.12. The third-order valence-corrected chi connectivity index (χ3v) is 5.36. The number of carbonyl (C=O) groups is 1. The molecule has 134 valence electrons. The lowest BCUT2D eigenvalue weighted by atomic mass is 10.1. The second-order valence-electron chi connectivity index (χ2n) is 5.87. The molecule has 0 aliphatic carbocycles. The highest BCUT2D eigenvalue weighted by Crippen LogP contribution is 2.27. The molecule has 0 aliphatic rings. The SMILES string of the molecule is Cc1cc2oc(=O)cc(COC(=O)[C@@H](C)Sc3ccccc3)c2cc1Cl. The van der Waals surface area contributed by atoms with Crippen molar-refractivity contribution < 1.29 is 13.9 Å². The van der Waals surface area contributed by atoms with Crippen LogP contribution in [0.2, 0.25) is 5.02 Å². The molecule has 0 fully saturated rings. The Morgan fingerprint density at radius 3 is 2.69 bits per heavy atom. The highest BCUT2D eigenvalue weighted by molar-refractivity contribution is 8.00. The Morgan fingerprint density at radius 2 is 1.96 bits per heavy atom. The maximum atomic E-state index is 12.3. The van der Waals surface area contributed by atoms with Crippen molar-refractivity contribution in [2.75, 3.05) is 0 Å². The van der Waals surface area contributed by atoms with Gasteiger partial charge >= 0.3 is 11.6 Å². The van der Waals surface area contributed by atoms with E-state index in [-0.39, 0.29) is 17.8 Å². The Balaban J connectivity index is 1.75. The van der Waals surface area contributed by atoms with Gasteiger partial charge in [-0.1, -0.05) is 29.8 Å². The zero-order valence-corrected chi connectivity index (χ0v) is 15.9. The van der Waals surface area contributed by atoms with Gasteiger partial charge in [0.2, 0.25) is 0 Å². The lowest BCUT2D eigenvalue weighted by Crippen LogP contribution is -2.17. The smallest absolute Gasteiger partial charge is 0.336 e. The Morgan fingerprint density at radius 1 is 1.23 bits per heavy atom. The predicted octanol–water partition coefficient (Wildman–Crippen LogP) is 4.98. The molecule has 0 unspecified atom stereocenters. The molecule has 1 atom stereocenters. The average Bonchev–Trinajstić information content (AvgIpc) is 2.61. The highest BCUT2D eigenvalue weighted by Gasteiger charge is 2.17. The topological polar surface area (TPSA) is 56.5 Å². The standard InChI is InChI=1S/C20H17ClO4S/c1-12-8-18-16(10-17(12)21)14(9-19(22)25-18)11-24-20(23)13(2)26-15-6-4-3-5-7-15/h3-10,13H,11H2,1-2H3/t13-/m1/s1. The first kappa shape index (κ1) is 18.5. The van der Waals surface area contributed by atoms with Gasteiger partial charge in [0.05, 0.1) is 0 Å². The van der Waals surface area contributed by atoms with Gasteiger partial charge in [-0.25, -0.2) is 4.79 Å². The van der Waals surface area contributed by atoms with Crippen molar-refractivity contribution >= 4 is 40.3 Å². The van der Waals surface area contributed by atoms with Crippen LogP contribution in [0, 0.1) is 6.92 Å². The third kappa shape index (κ3) is 4.29. The monoisotopic (exact) mass is 388 g/mol. The molecule has 26 heavy (non-hydrogen) atoms. The first-order valence-electron chi connectivity index (χ1n) is 8.05. The van der Waals surface area contributed by atoms with Gasteiger partial charge in [0.1, 0.15) is 17.4 Å². The minimum atomic E-state index is -0.489. The van der Waals surface area contributed by atoms with Crippen molar-refractivity contribution in [1.29, 1.82) is 0 Å². The first-order chi connectivity index (χ1) is 12.4. The van der Waals surface area contributed by atoms with E-state index >= 15 is 0 Å². The molecule has 0 saturated carbocycles. The van der Waals surface area contributed by atoms with Gasteiger partial charge in [0.25, 0.3) is 0 Å². The zero-order chi connectivity index (χ0) is 18.7. The van der Waals surface area contributed by atoms with Crippen molar-refractivity contribution in [3.8, 4) is 0 Å². The summed E-state index contributed by atoms with van der Waals surface area (Å²) in [6.45, 7) is 3.61. The number of rotatable bonds is 5. The summed E-state index contributed by atoms with van der Waals surface area (Å²) in [6, 6.07) is 14.4. The molecule has 0 bridgehead atoms. The summed E-state index contributed by atoms with van der Waals surface area (Å²) in [5.41, 5.74) is 1.32. The second kappa shape index (κ2) is 7.98. The number of ether oxygens (including phenoxy) is 1. The molecule has 0 amide bonds. The Bertz CT molecular complexity index is 998. The van der Waals surface area contributed by atoms with E-state index < -0.39 is 5.63 Å². The first-order valence-corrected chi connectivity index (χ1v) is 9.31. The molecule has 2 aromatic carbocycles. The fourth-order valence-electron chi connectivity index (χ4n) is 2.49. The average molecular weight is 389 g/mol. The summed E-state index contributed by atoms with van der Waals surface area (Å²) in [7, 11) is 0. The number of halogens is 1. The van der Waals surface area contributed by atoms with Crippen LogP contribution >= 0.6 is 23.4 Å². The summed E-state index contributed by atoms with van der Waals surface area (Å²) in [5, 5.41) is 0.859. The van der Waals surface area contributed by atoms with Crippen LogP contribution in [0.1, 0.15) is 18.1 Å². The Hall–Kier alpha value is -2.24. The van der Waals surface area contributed by atoms with Crippen LogP contribution in [-0.4, -0.2) is 11.2 Å². The van der Waals surface area contributed by atoms with Gasteiger partial charge < -0.3 is 9.15 Å². The van der Waals surface area contributed by atoms with Crippen LogP contribution in [0.4, 0.5) is 0 Å². The van der Waals surface area contributed by atoms with E-state index in [0.29, 0.717) is 21.6 Å². The molecule has 6 heteroatoms. The molecule has 3 rings (SSSR count). The fourth-order valence-corrected chi connectivity index (χ4v) is 3.54. The predicted molar refractivity (Wildman–Crippen MR) is 104 cm³/mol. The maximum Gasteiger partial charge on any atom is 0.336 e. The van der Waals surface area contributed by atoms with Gasteiger partial charge in [-0.05, 0) is 43.7 Å². The minimum absolute atomic E-state index is 0.0139. The molecule has 0 radical (unpaired) electrons. The largest absolute Gasteiger partial charge is 0.460 e. The van der Waals surface area contributed by atoms with Crippen molar-refractivity contribution in [3.63, 3.8) is 0 Å². The maximum absolute atomic E-state index is 12.3. The minimum Gasteiger partial charge on any atom is -0.460 e. The summed E-state index contributed by atoms with van der Waals surface area (Å²) in [5.74, 6) is -0.349. The normalized spacial score (nSPS) is 12.1. The van der Waals surface area contributed by atoms with Gasteiger partial charge in [0.15, 0.2) is 0 Å². The van der Waals surface area contributed by atoms with Crippen molar-refractivity contribution in [1.82, 2.24) is 0 Å². The quantitative estimate of drug-likeness (QED) is 0.350. The third-order valence-electron chi connectivity index (χ3n) is 3.87. The van der Waals surface area contributed by atoms with Crippen LogP contribution in [0.3, 0.4) is 0 Å². The Labute approximate surface area is 160 Å². The van der Waals surface area contributed by atoms with Gasteiger partial charge in [0, 0.05) is 26.9 Å². The molecule has 4 nitrogen and oxygen atoms in total. The van der Waals surface area contributed by atoms with E-state index in [1.165, 1.54) is 17.8 Å². The molecular weight excluding hydrogens is 372 g/mol. The van der Waals surface area contributed by atoms with Crippen LogP contribution < -0.4 is 5.63 Å². The van der Waals surface area contributed by atoms with Crippen LogP contribution in [0.25, 0.3) is 11.0 Å². The van der Waals surface area contributed by atoms with E-state index in [9.17, 15) is 9.59 Å². The molecule has 3 aromatic rings. The molecule has 0 spiro atoms. The molecule has 1 aromatic heterocycles. The zero-order valence-electron chi connectivity index (χ0n) is 14.3. The second-order valence-corrected chi connectivity index (χ2v) is 7.69. The van der Waals surface area contributed by atoms with Crippen LogP contribution in [-0.2, 0) is 16.1 Å². The molecule has 0 saturated heterocycles. The number of thioether (sulfide) groups is 1. The number of carbonyl (C=O) groups excluding carboxylic acids is 1. The van der Waals surface area contributed by atoms with Gasteiger partial charge in [-0.15, -0.1) is 11.8 Å². The van der Waals surface area contributed by atoms with E-state index in [1.807, 2.05) is 37.3 Å². The molecule has 0 aliphatic heterocycles. The highest BCUT2D eigenvalue weighted by atomic mass is 35.5. The van der Waals surface area contributed by atoms with E-state index in [1.54, 1.807) is 19.1 Å². The molecule has 0 N–H and O–H groups in total.